The third kappa shape index (κ3) is 8.84. The molecule has 1 aromatic rings. The Morgan fingerprint density at radius 3 is 2.72 bits per heavy atom. The molecule has 0 aromatic heterocycles. The van der Waals surface area contributed by atoms with E-state index in [1.54, 1.807) is 24.3 Å². The first-order valence-corrected chi connectivity index (χ1v) is 11.3. The highest BCUT2D eigenvalue weighted by Gasteiger charge is 2.19. The van der Waals surface area contributed by atoms with E-state index in [2.05, 4.69) is 5.32 Å². The van der Waals surface area contributed by atoms with Crippen LogP contribution in [0.5, 0.6) is 5.75 Å². The lowest BCUT2D eigenvalue weighted by Gasteiger charge is -2.17. The second kappa shape index (κ2) is 14.4. The number of carbonyl (C=O) groups excluding carboxylic acids is 3. The van der Waals surface area contributed by atoms with Gasteiger partial charge in [-0.15, -0.1) is 0 Å². The first-order valence-electron chi connectivity index (χ1n) is 11.3. The minimum Gasteiger partial charge on any atom is -0.493 e. The zero-order valence-corrected chi connectivity index (χ0v) is 18.9. The van der Waals surface area contributed by atoms with E-state index in [0.717, 1.165) is 38.6 Å². The number of hydrogen-bond donors (Lipinski definition) is 2. The van der Waals surface area contributed by atoms with Crippen LogP contribution in [0.15, 0.2) is 24.3 Å². The van der Waals surface area contributed by atoms with Gasteiger partial charge in [-0.3, -0.25) is 19.6 Å². The van der Waals surface area contributed by atoms with Gasteiger partial charge < -0.3 is 19.7 Å². The van der Waals surface area contributed by atoms with Crippen molar-refractivity contribution in [1.82, 2.24) is 15.3 Å². The maximum Gasteiger partial charge on any atom is 0.281 e. The Balaban J connectivity index is 1.57. The molecular weight excluding hydrogens is 414 g/mol. The summed E-state index contributed by atoms with van der Waals surface area (Å²) in [4.78, 5) is 37.7. The van der Waals surface area contributed by atoms with Crippen LogP contribution in [-0.2, 0) is 14.3 Å². The summed E-state index contributed by atoms with van der Waals surface area (Å²) in [5, 5.41) is 13.4. The number of hydroxylamine groups is 2. The summed E-state index contributed by atoms with van der Waals surface area (Å²) < 4.78 is 10.6. The minimum absolute atomic E-state index is 0.0219. The van der Waals surface area contributed by atoms with Gasteiger partial charge in [0, 0.05) is 39.6 Å². The van der Waals surface area contributed by atoms with Crippen LogP contribution >= 0.6 is 0 Å². The molecule has 0 aliphatic carbocycles. The van der Waals surface area contributed by atoms with E-state index in [1.165, 1.54) is 7.11 Å². The Labute approximate surface area is 189 Å². The SMILES string of the molecule is COCCN(O)C(=O)c1ccccc1OCCCCCC(=O)NCCCN1CCCC1=O. The Morgan fingerprint density at radius 1 is 1.16 bits per heavy atom. The van der Waals surface area contributed by atoms with Gasteiger partial charge in [-0.1, -0.05) is 12.1 Å². The van der Waals surface area contributed by atoms with Crippen LogP contribution in [0, 0.1) is 0 Å². The molecule has 9 heteroatoms. The molecule has 1 saturated heterocycles. The molecule has 9 nitrogen and oxygen atoms in total. The topological polar surface area (TPSA) is 108 Å². The van der Waals surface area contributed by atoms with Crippen LogP contribution in [0.1, 0.15) is 55.3 Å². The number of nitrogens with one attached hydrogen (secondary N) is 1. The van der Waals surface area contributed by atoms with Crippen molar-refractivity contribution in [2.24, 2.45) is 0 Å². The van der Waals surface area contributed by atoms with E-state index in [4.69, 9.17) is 9.47 Å². The van der Waals surface area contributed by atoms with Crippen molar-refractivity contribution in [3.05, 3.63) is 29.8 Å². The van der Waals surface area contributed by atoms with Gasteiger partial charge in [0.2, 0.25) is 11.8 Å². The van der Waals surface area contributed by atoms with E-state index < -0.39 is 5.91 Å². The summed E-state index contributed by atoms with van der Waals surface area (Å²) in [5.74, 6) is 0.116. The zero-order chi connectivity index (χ0) is 23.2. The van der Waals surface area contributed by atoms with Crippen molar-refractivity contribution in [3.63, 3.8) is 0 Å². The van der Waals surface area contributed by atoms with Gasteiger partial charge in [-0.25, -0.2) is 5.06 Å². The quantitative estimate of drug-likeness (QED) is 0.242. The Hall–Kier alpha value is -2.65. The summed E-state index contributed by atoms with van der Waals surface area (Å²) in [6.45, 7) is 2.85. The normalized spacial score (nSPS) is 13.3. The van der Waals surface area contributed by atoms with Gasteiger partial charge in [0.05, 0.1) is 25.3 Å². The molecule has 2 N–H and O–H groups in total. The highest BCUT2D eigenvalue weighted by atomic mass is 16.5. The van der Waals surface area contributed by atoms with Gasteiger partial charge in [-0.05, 0) is 44.2 Å². The molecule has 1 heterocycles. The fraction of sp³-hybridized carbons (Fsp3) is 0.609. The third-order valence-corrected chi connectivity index (χ3v) is 5.26. The fourth-order valence-electron chi connectivity index (χ4n) is 3.46. The highest BCUT2D eigenvalue weighted by molar-refractivity contribution is 5.96. The van der Waals surface area contributed by atoms with E-state index in [9.17, 15) is 19.6 Å². The molecule has 1 aromatic carbocycles. The van der Waals surface area contributed by atoms with Gasteiger partial charge in [0.1, 0.15) is 5.75 Å². The second-order valence-electron chi connectivity index (χ2n) is 7.76. The summed E-state index contributed by atoms with van der Waals surface area (Å²) in [7, 11) is 1.50. The van der Waals surface area contributed by atoms with E-state index in [1.807, 2.05) is 4.90 Å². The molecule has 1 aliphatic heterocycles. The number of methoxy groups -OCH3 is 1. The number of para-hydroxylation sites is 1. The van der Waals surface area contributed by atoms with Crippen molar-refractivity contribution in [3.8, 4) is 5.75 Å². The maximum atomic E-state index is 12.4. The lowest BCUT2D eigenvalue weighted by molar-refractivity contribution is -0.127. The largest absolute Gasteiger partial charge is 0.493 e. The van der Waals surface area contributed by atoms with Crippen molar-refractivity contribution in [1.29, 1.82) is 0 Å². The number of nitrogens with zero attached hydrogens (tertiary/aromatic N) is 2. The molecule has 32 heavy (non-hydrogen) atoms. The highest BCUT2D eigenvalue weighted by Crippen LogP contribution is 2.20. The summed E-state index contributed by atoms with van der Waals surface area (Å²) >= 11 is 0. The first kappa shape index (κ1) is 25.6. The molecule has 0 atom stereocenters. The molecule has 1 fully saturated rings. The van der Waals surface area contributed by atoms with Crippen LogP contribution < -0.4 is 10.1 Å². The van der Waals surface area contributed by atoms with Crippen LogP contribution in [-0.4, -0.2) is 79.4 Å². The Bertz CT molecular complexity index is 742. The van der Waals surface area contributed by atoms with Gasteiger partial charge in [-0.2, -0.15) is 0 Å². The van der Waals surface area contributed by atoms with Crippen LogP contribution in [0.4, 0.5) is 0 Å². The average molecular weight is 450 g/mol. The summed E-state index contributed by atoms with van der Waals surface area (Å²) in [5.41, 5.74) is 0.293. The maximum absolute atomic E-state index is 12.4. The molecule has 0 unspecified atom stereocenters. The van der Waals surface area contributed by atoms with Crippen molar-refractivity contribution < 1.29 is 29.1 Å². The second-order valence-corrected chi connectivity index (χ2v) is 7.76. The van der Waals surface area contributed by atoms with Crippen LogP contribution in [0.2, 0.25) is 0 Å². The molecule has 0 spiro atoms. The zero-order valence-electron chi connectivity index (χ0n) is 18.9. The smallest absolute Gasteiger partial charge is 0.281 e. The molecule has 0 radical (unpaired) electrons. The Kier molecular flexibility index (Phi) is 11.5. The molecule has 0 bridgehead atoms. The van der Waals surface area contributed by atoms with Gasteiger partial charge >= 0.3 is 0 Å². The lowest BCUT2D eigenvalue weighted by Crippen LogP contribution is -2.31. The molecule has 0 saturated carbocycles. The molecule has 178 valence electrons. The predicted molar refractivity (Wildman–Crippen MR) is 119 cm³/mol. The van der Waals surface area contributed by atoms with E-state index >= 15 is 0 Å². The minimum atomic E-state index is -0.539. The van der Waals surface area contributed by atoms with Crippen molar-refractivity contribution in [2.45, 2.75) is 44.9 Å². The van der Waals surface area contributed by atoms with Crippen LogP contribution in [0.3, 0.4) is 0 Å². The fourth-order valence-corrected chi connectivity index (χ4v) is 3.46. The number of rotatable bonds is 15. The van der Waals surface area contributed by atoms with E-state index in [0.29, 0.717) is 48.9 Å². The van der Waals surface area contributed by atoms with Crippen molar-refractivity contribution >= 4 is 17.7 Å². The number of carbonyl (C=O) groups is 3. The number of benzene rings is 1. The van der Waals surface area contributed by atoms with Crippen LogP contribution in [0.25, 0.3) is 0 Å². The van der Waals surface area contributed by atoms with Crippen molar-refractivity contribution in [2.75, 3.05) is 46.5 Å². The molecule has 1 aliphatic rings. The van der Waals surface area contributed by atoms with Gasteiger partial charge in [0.25, 0.3) is 5.91 Å². The molecular formula is C23H35N3O6. The number of likely N-dealkylation sites (tertiary alicyclic amines) is 1. The summed E-state index contributed by atoms with van der Waals surface area (Å²) in [6.07, 6.45) is 5.14. The monoisotopic (exact) mass is 449 g/mol. The van der Waals surface area contributed by atoms with Gasteiger partial charge in [0.15, 0.2) is 0 Å². The number of unbranched alkanes of at least 4 members (excludes halogenated alkanes) is 2. The molecule has 3 amide bonds. The molecule has 2 rings (SSSR count). The first-order chi connectivity index (χ1) is 15.5. The standard InChI is InChI=1S/C23H35N3O6/c1-31-18-16-26(30)23(29)19-9-4-5-10-20(19)32-17-6-2-3-11-21(27)24-13-8-15-25-14-7-12-22(25)28/h4-5,9-10,30H,2-3,6-8,11-18H2,1H3,(H,24,27). The van der Waals surface area contributed by atoms with E-state index in [-0.39, 0.29) is 25.0 Å². The average Bonchev–Trinajstić information content (AvgIpc) is 3.21. The lowest BCUT2D eigenvalue weighted by atomic mass is 10.1. The number of ether oxygens (including phenoxy) is 2. The Morgan fingerprint density at radius 2 is 1.97 bits per heavy atom. The summed E-state index contributed by atoms with van der Waals surface area (Å²) in [6, 6.07) is 6.79. The third-order valence-electron chi connectivity index (χ3n) is 5.26. The number of amides is 3. The number of hydrogen-bond acceptors (Lipinski definition) is 6. The predicted octanol–water partition coefficient (Wildman–Crippen LogP) is 2.23.